The molecular weight excluding hydrogens is 308 g/mol. The molecule has 0 amide bonds. The van der Waals surface area contributed by atoms with Crippen LogP contribution < -0.4 is 0 Å². The fourth-order valence-corrected chi connectivity index (χ4v) is 5.18. The van der Waals surface area contributed by atoms with Crippen LogP contribution in [0.15, 0.2) is 23.1 Å². The molecule has 118 valence electrons. The van der Waals surface area contributed by atoms with E-state index < -0.39 is 10.0 Å². The van der Waals surface area contributed by atoms with E-state index in [1.165, 1.54) is 0 Å². The van der Waals surface area contributed by atoms with Gasteiger partial charge in [-0.15, -0.1) is 11.6 Å². The van der Waals surface area contributed by atoms with Crippen molar-refractivity contribution in [3.63, 3.8) is 0 Å². The second kappa shape index (κ2) is 6.65. The van der Waals surface area contributed by atoms with Crippen LogP contribution in [0.25, 0.3) is 0 Å². The number of hydrogen-bond donors (Lipinski definition) is 0. The highest BCUT2D eigenvalue weighted by Gasteiger charge is 2.36. The molecule has 1 aromatic rings. The van der Waals surface area contributed by atoms with Gasteiger partial charge in [-0.3, -0.25) is 0 Å². The van der Waals surface area contributed by atoms with Gasteiger partial charge in [-0.25, -0.2) is 8.42 Å². The lowest BCUT2D eigenvalue weighted by atomic mass is 10.1. The predicted molar refractivity (Wildman–Crippen MR) is 86.2 cm³/mol. The molecule has 1 fully saturated rings. The van der Waals surface area contributed by atoms with Crippen LogP contribution in [0.3, 0.4) is 0 Å². The van der Waals surface area contributed by atoms with Crippen molar-refractivity contribution in [2.75, 3.05) is 27.2 Å². The summed E-state index contributed by atoms with van der Waals surface area (Å²) in [5, 5.41) is 0. The van der Waals surface area contributed by atoms with Crippen molar-refractivity contribution in [3.05, 3.63) is 29.3 Å². The Labute approximate surface area is 132 Å². The molecule has 1 aliphatic rings. The van der Waals surface area contributed by atoms with Crippen LogP contribution in [-0.4, -0.2) is 50.8 Å². The maximum absolute atomic E-state index is 13.0. The van der Waals surface area contributed by atoms with E-state index in [1.54, 1.807) is 16.4 Å². The van der Waals surface area contributed by atoms with Crippen LogP contribution >= 0.6 is 11.6 Å². The van der Waals surface area contributed by atoms with Crippen LogP contribution in [0.4, 0.5) is 0 Å². The summed E-state index contributed by atoms with van der Waals surface area (Å²) in [4.78, 5) is 2.44. The van der Waals surface area contributed by atoms with Crippen LogP contribution in [0.1, 0.15) is 24.0 Å². The Bertz CT molecular complexity index is 602. The molecule has 0 aliphatic carbocycles. The van der Waals surface area contributed by atoms with Gasteiger partial charge in [0, 0.05) is 25.0 Å². The summed E-state index contributed by atoms with van der Waals surface area (Å²) in [6.07, 6.45) is 1.84. The Morgan fingerprint density at radius 3 is 2.71 bits per heavy atom. The first kappa shape index (κ1) is 16.7. The largest absolute Gasteiger partial charge is 0.308 e. The standard InChI is InChI=1S/C15H23ClN2O2S/c1-12-13(10-16)6-4-8-15(12)21(19,20)18-9-5-7-14(18)11-17(2)3/h4,6,8,14H,5,7,9-11H2,1-3H3. The van der Waals surface area contributed by atoms with Crippen LogP contribution in [0, 0.1) is 6.92 Å². The second-order valence-electron chi connectivity index (χ2n) is 5.85. The summed E-state index contributed by atoms with van der Waals surface area (Å²) in [5.41, 5.74) is 1.64. The Morgan fingerprint density at radius 2 is 2.10 bits per heavy atom. The zero-order chi connectivity index (χ0) is 15.6. The number of benzene rings is 1. The van der Waals surface area contributed by atoms with Crippen LogP contribution in [-0.2, 0) is 15.9 Å². The molecule has 0 saturated carbocycles. The topological polar surface area (TPSA) is 40.6 Å². The van der Waals surface area contributed by atoms with Crippen molar-refractivity contribution in [2.45, 2.75) is 36.6 Å². The first-order valence-corrected chi connectivity index (χ1v) is 9.16. The van der Waals surface area contributed by atoms with E-state index in [0.717, 1.165) is 30.5 Å². The van der Waals surface area contributed by atoms with Crippen molar-refractivity contribution in [1.82, 2.24) is 9.21 Å². The highest BCUT2D eigenvalue weighted by molar-refractivity contribution is 7.89. The minimum absolute atomic E-state index is 0.0593. The van der Waals surface area contributed by atoms with E-state index in [9.17, 15) is 8.42 Å². The molecule has 2 rings (SSSR count). The summed E-state index contributed by atoms with van der Waals surface area (Å²) >= 11 is 5.90. The normalized spacial score (nSPS) is 20.3. The Kier molecular flexibility index (Phi) is 5.30. The lowest BCUT2D eigenvalue weighted by Crippen LogP contribution is -2.41. The highest BCUT2D eigenvalue weighted by atomic mass is 35.5. The molecule has 0 N–H and O–H groups in total. The van der Waals surface area contributed by atoms with Gasteiger partial charge in [0.15, 0.2) is 0 Å². The van der Waals surface area contributed by atoms with Gasteiger partial charge in [0.05, 0.1) is 4.90 Å². The van der Waals surface area contributed by atoms with Gasteiger partial charge < -0.3 is 4.90 Å². The maximum Gasteiger partial charge on any atom is 0.243 e. The Morgan fingerprint density at radius 1 is 1.38 bits per heavy atom. The van der Waals surface area contributed by atoms with Crippen LogP contribution in [0.5, 0.6) is 0 Å². The molecule has 0 spiro atoms. The van der Waals surface area contributed by atoms with Gasteiger partial charge >= 0.3 is 0 Å². The van der Waals surface area contributed by atoms with Gasteiger partial charge in [0.1, 0.15) is 0 Å². The van der Waals surface area contributed by atoms with Gasteiger partial charge in [0.2, 0.25) is 10.0 Å². The molecule has 1 saturated heterocycles. The van der Waals surface area contributed by atoms with E-state index >= 15 is 0 Å². The highest BCUT2D eigenvalue weighted by Crippen LogP contribution is 2.29. The fourth-order valence-electron chi connectivity index (χ4n) is 2.94. The third-order valence-corrected chi connectivity index (χ3v) is 6.41. The molecule has 1 heterocycles. The van der Waals surface area contributed by atoms with E-state index in [4.69, 9.17) is 11.6 Å². The number of sulfonamides is 1. The molecule has 1 atom stereocenters. The predicted octanol–water partition coefficient (Wildman–Crippen LogP) is 2.45. The van der Waals surface area contributed by atoms with Crippen molar-refractivity contribution in [1.29, 1.82) is 0 Å². The minimum atomic E-state index is -3.45. The summed E-state index contributed by atoms with van der Waals surface area (Å²) in [6, 6.07) is 5.40. The van der Waals surface area contributed by atoms with Gasteiger partial charge in [-0.1, -0.05) is 12.1 Å². The quantitative estimate of drug-likeness (QED) is 0.779. The monoisotopic (exact) mass is 330 g/mol. The number of hydrogen-bond acceptors (Lipinski definition) is 3. The van der Waals surface area contributed by atoms with Crippen molar-refractivity contribution in [3.8, 4) is 0 Å². The lowest BCUT2D eigenvalue weighted by Gasteiger charge is -2.27. The molecule has 0 radical (unpaired) electrons. The van der Waals surface area contributed by atoms with E-state index in [2.05, 4.69) is 0 Å². The number of likely N-dealkylation sites (N-methyl/N-ethyl adjacent to an activating group) is 1. The van der Waals surface area contributed by atoms with E-state index in [1.807, 2.05) is 32.0 Å². The van der Waals surface area contributed by atoms with Gasteiger partial charge in [-0.2, -0.15) is 4.31 Å². The molecule has 4 nitrogen and oxygen atoms in total. The number of rotatable bonds is 5. The third-order valence-electron chi connectivity index (χ3n) is 4.03. The summed E-state index contributed by atoms with van der Waals surface area (Å²) < 4.78 is 27.6. The lowest BCUT2D eigenvalue weighted by molar-refractivity contribution is 0.291. The van der Waals surface area contributed by atoms with E-state index in [0.29, 0.717) is 17.3 Å². The Balaban J connectivity index is 2.38. The number of nitrogens with zero attached hydrogens (tertiary/aromatic N) is 2. The smallest absolute Gasteiger partial charge is 0.243 e. The fraction of sp³-hybridized carbons (Fsp3) is 0.600. The average molecular weight is 331 g/mol. The zero-order valence-corrected chi connectivity index (χ0v) is 14.4. The maximum atomic E-state index is 13.0. The zero-order valence-electron chi connectivity index (χ0n) is 12.8. The van der Waals surface area contributed by atoms with Gasteiger partial charge in [-0.05, 0) is 51.1 Å². The SMILES string of the molecule is Cc1c(CCl)cccc1S(=O)(=O)N1CCCC1CN(C)C. The molecule has 21 heavy (non-hydrogen) atoms. The Hall–Kier alpha value is -0.620. The van der Waals surface area contributed by atoms with Crippen molar-refractivity contribution < 1.29 is 8.42 Å². The second-order valence-corrected chi connectivity index (χ2v) is 7.97. The van der Waals surface area contributed by atoms with Crippen LogP contribution in [0.2, 0.25) is 0 Å². The number of halogens is 1. The summed E-state index contributed by atoms with van der Waals surface area (Å²) in [6.45, 7) is 3.19. The first-order chi connectivity index (χ1) is 9.87. The molecule has 1 aliphatic heterocycles. The van der Waals surface area contributed by atoms with E-state index in [-0.39, 0.29) is 6.04 Å². The molecule has 1 aromatic carbocycles. The number of alkyl halides is 1. The van der Waals surface area contributed by atoms with Gasteiger partial charge in [0.25, 0.3) is 0 Å². The average Bonchev–Trinajstić information content (AvgIpc) is 2.86. The molecule has 6 heteroatoms. The summed E-state index contributed by atoms with van der Waals surface area (Å²) in [7, 11) is 0.501. The molecule has 0 bridgehead atoms. The minimum Gasteiger partial charge on any atom is -0.308 e. The third kappa shape index (κ3) is 3.42. The molecule has 1 unspecified atom stereocenters. The molecule has 0 aromatic heterocycles. The van der Waals surface area contributed by atoms with Crippen molar-refractivity contribution in [2.24, 2.45) is 0 Å². The summed E-state index contributed by atoms with van der Waals surface area (Å²) in [5.74, 6) is 0.330. The first-order valence-electron chi connectivity index (χ1n) is 7.19. The molecular formula is C15H23ClN2O2S. The van der Waals surface area contributed by atoms with Crippen molar-refractivity contribution >= 4 is 21.6 Å².